The fourth-order valence-corrected chi connectivity index (χ4v) is 6.35. The number of benzene rings is 2. The van der Waals surface area contributed by atoms with Crippen LogP contribution in [0.4, 0.5) is 11.4 Å². The minimum absolute atomic E-state index is 0.131. The van der Waals surface area contributed by atoms with E-state index >= 15 is 0 Å². The summed E-state index contributed by atoms with van der Waals surface area (Å²) in [6.07, 6.45) is 4.72. The molecule has 0 saturated carbocycles. The number of nitro groups is 1. The van der Waals surface area contributed by atoms with Crippen LogP contribution in [-0.2, 0) is 9.53 Å². The first-order valence-corrected chi connectivity index (χ1v) is 14.5. The quantitative estimate of drug-likeness (QED) is 0.128. The number of hydrogen-bond acceptors (Lipinski definition) is 11. The van der Waals surface area contributed by atoms with Gasteiger partial charge in [-0.25, -0.2) is 19.8 Å². The van der Waals surface area contributed by atoms with Gasteiger partial charge in [-0.2, -0.15) is 0 Å². The van der Waals surface area contributed by atoms with Gasteiger partial charge in [0.25, 0.3) is 11.2 Å². The normalized spacial score (nSPS) is 14.8. The van der Waals surface area contributed by atoms with Crippen molar-refractivity contribution in [2.45, 2.75) is 29.9 Å². The number of thiazole rings is 1. The molecule has 0 radical (unpaired) electrons. The molecule has 0 amide bonds. The summed E-state index contributed by atoms with van der Waals surface area (Å²) in [7, 11) is 3.86. The lowest BCUT2D eigenvalue weighted by Crippen LogP contribution is -2.39. The van der Waals surface area contributed by atoms with Crippen LogP contribution in [0.2, 0.25) is 0 Å². The molecule has 0 aliphatic carbocycles. The number of carbonyl (C=O) groups excluding carboxylic acids is 1. The molecule has 0 N–H and O–H groups in total. The Balaban J connectivity index is 1.62. The first kappa shape index (κ1) is 28.9. The highest BCUT2D eigenvalue weighted by molar-refractivity contribution is 7.99. The maximum Gasteiger partial charge on any atom is 0.338 e. The monoisotopic (exact) mass is 602 g/mol. The second-order valence-electron chi connectivity index (χ2n) is 9.41. The summed E-state index contributed by atoms with van der Waals surface area (Å²) in [6, 6.07) is 13.2. The van der Waals surface area contributed by atoms with Crippen molar-refractivity contribution < 1.29 is 14.5 Å². The van der Waals surface area contributed by atoms with Gasteiger partial charge in [-0.1, -0.05) is 29.5 Å². The third-order valence-corrected chi connectivity index (χ3v) is 8.40. The molecule has 0 spiro atoms. The summed E-state index contributed by atoms with van der Waals surface area (Å²) in [5.74, 6) is -0.541. The van der Waals surface area contributed by atoms with Gasteiger partial charge in [0.05, 0.1) is 38.3 Å². The number of ether oxygens (including phenoxy) is 1. The Morgan fingerprint density at radius 3 is 2.55 bits per heavy atom. The molecule has 42 heavy (non-hydrogen) atoms. The van der Waals surface area contributed by atoms with Gasteiger partial charge in [0.15, 0.2) is 9.96 Å². The molecule has 13 heteroatoms. The van der Waals surface area contributed by atoms with E-state index in [1.54, 1.807) is 50.5 Å². The predicted molar refractivity (Wildman–Crippen MR) is 160 cm³/mol. The third kappa shape index (κ3) is 5.74. The Morgan fingerprint density at radius 2 is 1.90 bits per heavy atom. The molecule has 1 aliphatic heterocycles. The zero-order chi connectivity index (χ0) is 30.0. The number of carbonyl (C=O) groups is 1. The molecule has 0 bridgehead atoms. The minimum atomic E-state index is -0.752. The summed E-state index contributed by atoms with van der Waals surface area (Å²) in [6.45, 7) is 3.62. The van der Waals surface area contributed by atoms with Crippen LogP contribution in [0.5, 0.6) is 0 Å². The van der Waals surface area contributed by atoms with E-state index in [1.807, 2.05) is 43.3 Å². The first-order chi connectivity index (χ1) is 20.2. The molecular formula is C29H26N6O5S2. The molecule has 1 aliphatic rings. The predicted octanol–water partition coefficient (Wildman–Crippen LogP) is 3.71. The molecule has 5 rings (SSSR count). The standard InChI is InChI=1S/C29H26N6O5S2/c1-5-40-27(37)24-17(2)32-29-34(25(24)19-8-10-20(11-9-19)33(3)4)26(36)23(42-29)16-18-7-12-22(21(15-18)35(38)39)41-28-30-13-6-14-31-28/h6-16,25H,5H2,1-4H3/b23-16+/t25-/m1/s1. The summed E-state index contributed by atoms with van der Waals surface area (Å²) in [4.78, 5) is 54.0. The second-order valence-corrected chi connectivity index (χ2v) is 11.4. The van der Waals surface area contributed by atoms with Crippen LogP contribution in [0.15, 0.2) is 92.0 Å². The lowest BCUT2D eigenvalue weighted by Gasteiger charge is -2.25. The third-order valence-electron chi connectivity index (χ3n) is 6.46. The van der Waals surface area contributed by atoms with Crippen molar-refractivity contribution in [2.24, 2.45) is 4.99 Å². The molecule has 11 nitrogen and oxygen atoms in total. The number of fused-ring (bicyclic) bond motifs is 1. The zero-order valence-corrected chi connectivity index (χ0v) is 24.8. The summed E-state index contributed by atoms with van der Waals surface area (Å²) >= 11 is 2.24. The zero-order valence-electron chi connectivity index (χ0n) is 23.2. The molecular weight excluding hydrogens is 576 g/mol. The van der Waals surface area contributed by atoms with Gasteiger partial charge in [0.2, 0.25) is 0 Å². The molecule has 0 fully saturated rings. The highest BCUT2D eigenvalue weighted by Crippen LogP contribution is 2.34. The molecule has 2 aromatic heterocycles. The molecule has 214 valence electrons. The van der Waals surface area contributed by atoms with Crippen LogP contribution in [0, 0.1) is 10.1 Å². The first-order valence-electron chi connectivity index (χ1n) is 12.9. The van der Waals surface area contributed by atoms with E-state index in [0.717, 1.165) is 34.3 Å². The van der Waals surface area contributed by atoms with E-state index in [0.29, 0.717) is 30.6 Å². The molecule has 1 atom stereocenters. The van der Waals surface area contributed by atoms with E-state index in [9.17, 15) is 19.7 Å². The number of rotatable bonds is 8. The van der Waals surface area contributed by atoms with Gasteiger partial charge in [-0.15, -0.1) is 0 Å². The van der Waals surface area contributed by atoms with Crippen molar-refractivity contribution in [2.75, 3.05) is 25.6 Å². The fraction of sp³-hybridized carbons (Fsp3) is 0.207. The topological polar surface area (TPSA) is 133 Å². The van der Waals surface area contributed by atoms with Crippen LogP contribution in [-0.4, -0.2) is 46.1 Å². The minimum Gasteiger partial charge on any atom is -0.463 e. The van der Waals surface area contributed by atoms with Crippen LogP contribution in [0.1, 0.15) is 31.0 Å². The number of aromatic nitrogens is 3. The molecule has 0 saturated heterocycles. The maximum absolute atomic E-state index is 13.9. The van der Waals surface area contributed by atoms with Crippen molar-refractivity contribution >= 4 is 46.5 Å². The van der Waals surface area contributed by atoms with E-state index in [1.165, 1.54) is 10.6 Å². The van der Waals surface area contributed by atoms with E-state index in [2.05, 4.69) is 15.0 Å². The number of nitrogens with zero attached hydrogens (tertiary/aromatic N) is 6. The SMILES string of the molecule is CCOC(=O)C1=C(C)N=c2s/c(=C/c3ccc(Sc4ncccn4)c([N+](=O)[O-])c3)c(=O)n2[C@@H]1c1ccc(N(C)C)cc1. The van der Waals surface area contributed by atoms with Gasteiger partial charge in [0, 0.05) is 38.2 Å². The maximum atomic E-state index is 13.9. The van der Waals surface area contributed by atoms with Crippen molar-refractivity contribution in [3.63, 3.8) is 0 Å². The molecule has 0 unspecified atom stereocenters. The van der Waals surface area contributed by atoms with Crippen LogP contribution in [0.3, 0.4) is 0 Å². The van der Waals surface area contributed by atoms with E-state index in [-0.39, 0.29) is 23.4 Å². The van der Waals surface area contributed by atoms with Crippen molar-refractivity contribution in [1.82, 2.24) is 14.5 Å². The average molecular weight is 603 g/mol. The molecule has 2 aromatic carbocycles. The van der Waals surface area contributed by atoms with Gasteiger partial charge < -0.3 is 9.64 Å². The lowest BCUT2D eigenvalue weighted by atomic mass is 9.95. The number of allylic oxidation sites excluding steroid dienone is 1. The number of nitro benzene ring substituents is 1. The summed E-state index contributed by atoms with van der Waals surface area (Å²) < 4.78 is 7.17. The van der Waals surface area contributed by atoms with Gasteiger partial charge in [-0.3, -0.25) is 19.5 Å². The Kier molecular flexibility index (Phi) is 8.31. The Hall–Kier alpha value is -4.62. The van der Waals surface area contributed by atoms with Crippen LogP contribution >= 0.6 is 23.1 Å². The second kappa shape index (κ2) is 12.1. The van der Waals surface area contributed by atoms with Crippen molar-refractivity contribution in [1.29, 1.82) is 0 Å². The van der Waals surface area contributed by atoms with Crippen molar-refractivity contribution in [3.8, 4) is 0 Å². The summed E-state index contributed by atoms with van der Waals surface area (Å²) in [5.41, 5.74) is 2.41. The van der Waals surface area contributed by atoms with Gasteiger partial charge >= 0.3 is 5.97 Å². The number of esters is 1. The number of anilines is 1. The van der Waals surface area contributed by atoms with Gasteiger partial charge in [-0.05, 0) is 67.1 Å². The summed E-state index contributed by atoms with van der Waals surface area (Å²) in [5, 5.41) is 12.3. The molecule has 3 heterocycles. The lowest BCUT2D eigenvalue weighted by molar-refractivity contribution is -0.387. The smallest absolute Gasteiger partial charge is 0.338 e. The molecule has 4 aromatic rings. The van der Waals surface area contributed by atoms with E-state index in [4.69, 9.17) is 4.74 Å². The van der Waals surface area contributed by atoms with Crippen LogP contribution < -0.4 is 19.8 Å². The number of hydrogen-bond donors (Lipinski definition) is 0. The highest BCUT2D eigenvalue weighted by Gasteiger charge is 2.33. The van der Waals surface area contributed by atoms with E-state index < -0.39 is 16.9 Å². The van der Waals surface area contributed by atoms with Crippen molar-refractivity contribution in [3.05, 3.63) is 113 Å². The van der Waals surface area contributed by atoms with Crippen LogP contribution in [0.25, 0.3) is 6.08 Å². The highest BCUT2D eigenvalue weighted by atomic mass is 32.2. The Bertz CT molecular complexity index is 1880. The average Bonchev–Trinajstić information content (AvgIpc) is 3.27. The van der Waals surface area contributed by atoms with Gasteiger partial charge in [0.1, 0.15) is 0 Å². The fourth-order valence-electron chi connectivity index (χ4n) is 4.50. The Labute approximate surface area is 248 Å². The largest absolute Gasteiger partial charge is 0.463 e. The Morgan fingerprint density at radius 1 is 1.19 bits per heavy atom.